The Labute approximate surface area is 97.4 Å². The van der Waals surface area contributed by atoms with E-state index in [2.05, 4.69) is 5.32 Å². The number of nitrogens with one attached hydrogen (secondary N) is 1. The van der Waals surface area contributed by atoms with E-state index >= 15 is 0 Å². The Kier molecular flexibility index (Phi) is 1.86. The van der Waals surface area contributed by atoms with Gasteiger partial charge in [-0.1, -0.05) is 30.3 Å². The van der Waals surface area contributed by atoms with Crippen molar-refractivity contribution in [1.29, 1.82) is 0 Å². The Hall–Kier alpha value is -2.17. The number of carbonyl (C=O) groups is 3. The Morgan fingerprint density at radius 3 is 2.53 bits per heavy atom. The molecule has 2 heterocycles. The summed E-state index contributed by atoms with van der Waals surface area (Å²) in [5.41, 5.74) is -0.427. The predicted octanol–water partition coefficient (Wildman–Crippen LogP) is 0.754. The van der Waals surface area contributed by atoms with Crippen molar-refractivity contribution in [2.75, 3.05) is 0 Å². The topological polar surface area (TPSA) is 66.5 Å². The van der Waals surface area contributed by atoms with Gasteiger partial charge in [0.2, 0.25) is 5.91 Å². The molecule has 0 aromatic heterocycles. The molecule has 0 bridgehead atoms. The fourth-order valence-corrected chi connectivity index (χ4v) is 2.60. The minimum atomic E-state index is -1.12. The quantitative estimate of drug-likeness (QED) is 0.724. The third-order valence-corrected chi connectivity index (χ3v) is 3.38. The first kappa shape index (κ1) is 10.0. The molecule has 1 atom stereocenters. The normalized spacial score (nSPS) is 27.3. The molecule has 1 aromatic rings. The fraction of sp³-hybridized carbons (Fsp3) is 0.250. The molecule has 2 aliphatic heterocycles. The average molecular weight is 230 g/mol. The first-order valence-electron chi connectivity index (χ1n) is 5.40. The summed E-state index contributed by atoms with van der Waals surface area (Å²) in [5, 5.41) is 2.22. The number of fused-ring (bicyclic) bond motifs is 1. The lowest BCUT2D eigenvalue weighted by molar-refractivity contribution is -0.133. The van der Waals surface area contributed by atoms with Crippen LogP contribution in [-0.4, -0.2) is 22.7 Å². The highest BCUT2D eigenvalue weighted by atomic mass is 16.2. The maximum atomic E-state index is 12.0. The molecule has 0 saturated carbocycles. The van der Waals surface area contributed by atoms with Crippen molar-refractivity contribution in [1.82, 2.24) is 10.2 Å². The molecule has 0 aliphatic carbocycles. The minimum Gasteiger partial charge on any atom is -0.275 e. The Bertz CT molecular complexity index is 526. The van der Waals surface area contributed by atoms with Crippen LogP contribution in [0.25, 0.3) is 0 Å². The molecule has 86 valence electrons. The van der Waals surface area contributed by atoms with Crippen LogP contribution in [0.2, 0.25) is 0 Å². The molecule has 1 N–H and O–H groups in total. The number of amides is 4. The van der Waals surface area contributed by atoms with Crippen molar-refractivity contribution < 1.29 is 14.4 Å². The van der Waals surface area contributed by atoms with E-state index in [-0.39, 0.29) is 12.3 Å². The van der Waals surface area contributed by atoms with Crippen LogP contribution in [-0.2, 0) is 15.1 Å². The summed E-state index contributed by atoms with van der Waals surface area (Å²) in [5.74, 6) is -0.697. The van der Waals surface area contributed by atoms with E-state index in [1.807, 2.05) is 6.07 Å². The summed E-state index contributed by atoms with van der Waals surface area (Å²) in [6.07, 6.45) is 0.585. The second-order valence-corrected chi connectivity index (χ2v) is 4.21. The Morgan fingerprint density at radius 2 is 1.82 bits per heavy atom. The standard InChI is InChI=1S/C12H10N2O3/c15-9-6-7-12(8-4-2-1-3-5-8)10(16)13-11(17)14(9)12/h1-5H,6-7H2,(H,13,16,17). The van der Waals surface area contributed by atoms with Crippen molar-refractivity contribution in [2.24, 2.45) is 0 Å². The predicted molar refractivity (Wildman–Crippen MR) is 57.7 cm³/mol. The maximum Gasteiger partial charge on any atom is 0.332 e. The third-order valence-electron chi connectivity index (χ3n) is 3.38. The lowest BCUT2D eigenvalue weighted by Gasteiger charge is -2.26. The van der Waals surface area contributed by atoms with Gasteiger partial charge in [0, 0.05) is 6.42 Å². The number of hydrogen-bond donors (Lipinski definition) is 1. The summed E-state index contributed by atoms with van der Waals surface area (Å²) >= 11 is 0. The first-order valence-corrected chi connectivity index (χ1v) is 5.40. The number of imide groups is 2. The van der Waals surface area contributed by atoms with E-state index in [9.17, 15) is 14.4 Å². The van der Waals surface area contributed by atoms with E-state index < -0.39 is 17.5 Å². The zero-order valence-electron chi connectivity index (χ0n) is 8.97. The van der Waals surface area contributed by atoms with E-state index in [0.717, 1.165) is 4.90 Å². The summed E-state index contributed by atoms with van der Waals surface area (Å²) in [6.45, 7) is 0. The van der Waals surface area contributed by atoms with Crippen LogP contribution in [0.4, 0.5) is 4.79 Å². The molecule has 1 aromatic carbocycles. The molecule has 1 unspecified atom stereocenters. The summed E-state index contributed by atoms with van der Waals surface area (Å²) in [4.78, 5) is 36.4. The van der Waals surface area contributed by atoms with Gasteiger partial charge in [0.25, 0.3) is 5.91 Å². The molecule has 4 amide bonds. The number of hydrogen-bond acceptors (Lipinski definition) is 3. The highest BCUT2D eigenvalue weighted by Gasteiger charge is 2.60. The van der Waals surface area contributed by atoms with Gasteiger partial charge in [0.1, 0.15) is 0 Å². The van der Waals surface area contributed by atoms with Gasteiger partial charge >= 0.3 is 6.03 Å². The van der Waals surface area contributed by atoms with Crippen molar-refractivity contribution >= 4 is 17.8 Å². The molecule has 5 heteroatoms. The number of benzene rings is 1. The van der Waals surface area contributed by atoms with Crippen molar-refractivity contribution in [3.8, 4) is 0 Å². The largest absolute Gasteiger partial charge is 0.332 e. The molecule has 2 fully saturated rings. The van der Waals surface area contributed by atoms with Gasteiger partial charge in [-0.05, 0) is 12.0 Å². The molecule has 2 aliphatic rings. The van der Waals surface area contributed by atoms with Crippen LogP contribution >= 0.6 is 0 Å². The van der Waals surface area contributed by atoms with Crippen molar-refractivity contribution in [2.45, 2.75) is 18.4 Å². The fourth-order valence-electron chi connectivity index (χ4n) is 2.60. The molecule has 0 spiro atoms. The average Bonchev–Trinajstić information content (AvgIpc) is 2.80. The van der Waals surface area contributed by atoms with Gasteiger partial charge in [0.05, 0.1) is 0 Å². The third kappa shape index (κ3) is 1.11. The van der Waals surface area contributed by atoms with Crippen LogP contribution in [0.15, 0.2) is 30.3 Å². The van der Waals surface area contributed by atoms with Crippen LogP contribution in [0, 0.1) is 0 Å². The van der Waals surface area contributed by atoms with Gasteiger partial charge < -0.3 is 0 Å². The zero-order valence-corrected chi connectivity index (χ0v) is 8.97. The van der Waals surface area contributed by atoms with E-state index in [4.69, 9.17) is 0 Å². The molecule has 2 saturated heterocycles. The minimum absolute atomic E-state index is 0.230. The number of nitrogens with zero attached hydrogens (tertiary/aromatic N) is 1. The number of urea groups is 1. The second kappa shape index (κ2) is 3.16. The van der Waals surface area contributed by atoms with E-state index in [1.54, 1.807) is 24.3 Å². The zero-order chi connectivity index (χ0) is 12.0. The van der Waals surface area contributed by atoms with Crippen LogP contribution < -0.4 is 5.32 Å². The van der Waals surface area contributed by atoms with Crippen LogP contribution in [0.1, 0.15) is 18.4 Å². The smallest absolute Gasteiger partial charge is 0.275 e. The molecule has 0 radical (unpaired) electrons. The monoisotopic (exact) mass is 230 g/mol. The van der Waals surface area contributed by atoms with Crippen LogP contribution in [0.3, 0.4) is 0 Å². The summed E-state index contributed by atoms with van der Waals surface area (Å²) < 4.78 is 0. The SMILES string of the molecule is O=C1CCC2(c3ccccc3)C(=O)NC(=O)N12. The first-order chi connectivity index (χ1) is 8.16. The lowest BCUT2D eigenvalue weighted by atomic mass is 9.87. The molecular weight excluding hydrogens is 220 g/mol. The Balaban J connectivity index is 2.20. The van der Waals surface area contributed by atoms with Crippen molar-refractivity contribution in [3.63, 3.8) is 0 Å². The molecule has 17 heavy (non-hydrogen) atoms. The highest BCUT2D eigenvalue weighted by Crippen LogP contribution is 2.42. The maximum absolute atomic E-state index is 12.0. The lowest BCUT2D eigenvalue weighted by Crippen LogP contribution is -2.43. The highest BCUT2D eigenvalue weighted by molar-refractivity contribution is 6.16. The number of rotatable bonds is 1. The van der Waals surface area contributed by atoms with Gasteiger partial charge in [-0.15, -0.1) is 0 Å². The molecule has 3 rings (SSSR count). The van der Waals surface area contributed by atoms with E-state index in [0.29, 0.717) is 12.0 Å². The van der Waals surface area contributed by atoms with Crippen LogP contribution in [0.5, 0.6) is 0 Å². The van der Waals surface area contributed by atoms with Gasteiger partial charge in [-0.25, -0.2) is 9.69 Å². The van der Waals surface area contributed by atoms with Crippen molar-refractivity contribution in [3.05, 3.63) is 35.9 Å². The van der Waals surface area contributed by atoms with Gasteiger partial charge in [-0.3, -0.25) is 14.9 Å². The summed E-state index contributed by atoms with van der Waals surface area (Å²) in [6, 6.07) is 8.34. The van der Waals surface area contributed by atoms with E-state index in [1.165, 1.54) is 0 Å². The number of carbonyl (C=O) groups excluding carboxylic acids is 3. The molecule has 5 nitrogen and oxygen atoms in total. The summed E-state index contributed by atoms with van der Waals surface area (Å²) in [7, 11) is 0. The Morgan fingerprint density at radius 1 is 1.12 bits per heavy atom. The van der Waals surface area contributed by atoms with Gasteiger partial charge in [0.15, 0.2) is 5.54 Å². The molecular formula is C12H10N2O3. The second-order valence-electron chi connectivity index (χ2n) is 4.21. The van der Waals surface area contributed by atoms with Gasteiger partial charge in [-0.2, -0.15) is 0 Å².